The summed E-state index contributed by atoms with van der Waals surface area (Å²) in [6, 6.07) is 13.9. The number of benzene rings is 2. The molecule has 2 aromatic rings. The Hall–Kier alpha value is -1.87. The quantitative estimate of drug-likeness (QED) is 0.897. The molecule has 0 saturated carbocycles. The van der Waals surface area contributed by atoms with Crippen LogP contribution in [0.1, 0.15) is 32.4 Å². The summed E-state index contributed by atoms with van der Waals surface area (Å²) in [6.45, 7) is 5.88. The van der Waals surface area contributed by atoms with Gasteiger partial charge in [-0.15, -0.1) is 0 Å². The molecular formula is C17H22N2O. The third-order valence-corrected chi connectivity index (χ3v) is 3.65. The molecule has 0 bridgehead atoms. The van der Waals surface area contributed by atoms with E-state index in [1.165, 1.54) is 10.8 Å². The van der Waals surface area contributed by atoms with Crippen LogP contribution in [-0.2, 0) is 4.79 Å². The SMILES string of the molecule is CC(C)[C@H](N)C(=O)N[C@H](C)c1ccc2ccccc2c1. The van der Waals surface area contributed by atoms with Gasteiger partial charge in [-0.25, -0.2) is 0 Å². The highest BCUT2D eigenvalue weighted by molar-refractivity contribution is 5.84. The molecule has 0 aliphatic carbocycles. The number of hydrogen-bond donors (Lipinski definition) is 2. The number of hydrogen-bond acceptors (Lipinski definition) is 2. The van der Waals surface area contributed by atoms with Gasteiger partial charge in [-0.2, -0.15) is 0 Å². The van der Waals surface area contributed by atoms with E-state index in [1.54, 1.807) is 0 Å². The van der Waals surface area contributed by atoms with Gasteiger partial charge in [0.05, 0.1) is 12.1 Å². The van der Waals surface area contributed by atoms with Gasteiger partial charge in [-0.05, 0) is 35.2 Å². The van der Waals surface area contributed by atoms with Gasteiger partial charge < -0.3 is 11.1 Å². The Kier molecular flexibility index (Phi) is 4.40. The van der Waals surface area contributed by atoms with Crippen molar-refractivity contribution in [3.8, 4) is 0 Å². The molecule has 106 valence electrons. The van der Waals surface area contributed by atoms with E-state index in [0.717, 1.165) is 5.56 Å². The van der Waals surface area contributed by atoms with Crippen LogP contribution in [0.3, 0.4) is 0 Å². The first-order valence-electron chi connectivity index (χ1n) is 7.03. The lowest BCUT2D eigenvalue weighted by Crippen LogP contribution is -2.44. The van der Waals surface area contributed by atoms with Crippen LogP contribution < -0.4 is 11.1 Å². The fourth-order valence-corrected chi connectivity index (χ4v) is 2.17. The van der Waals surface area contributed by atoms with Gasteiger partial charge in [0.15, 0.2) is 0 Å². The average Bonchev–Trinajstić information content (AvgIpc) is 2.45. The Morgan fingerprint density at radius 3 is 2.35 bits per heavy atom. The summed E-state index contributed by atoms with van der Waals surface area (Å²) < 4.78 is 0. The molecule has 2 aromatic carbocycles. The van der Waals surface area contributed by atoms with Crippen LogP contribution in [-0.4, -0.2) is 11.9 Å². The summed E-state index contributed by atoms with van der Waals surface area (Å²) in [5.41, 5.74) is 6.96. The van der Waals surface area contributed by atoms with Crippen LogP contribution in [0, 0.1) is 5.92 Å². The fraction of sp³-hybridized carbons (Fsp3) is 0.353. The van der Waals surface area contributed by atoms with Crippen molar-refractivity contribution in [2.45, 2.75) is 32.9 Å². The minimum atomic E-state index is -0.460. The second kappa shape index (κ2) is 6.06. The Labute approximate surface area is 120 Å². The molecule has 3 nitrogen and oxygen atoms in total. The molecule has 0 aliphatic heterocycles. The molecular weight excluding hydrogens is 248 g/mol. The molecule has 0 radical (unpaired) electrons. The second-order valence-electron chi connectivity index (χ2n) is 5.61. The average molecular weight is 270 g/mol. The number of carbonyl (C=O) groups excluding carboxylic acids is 1. The van der Waals surface area contributed by atoms with Crippen molar-refractivity contribution in [3.63, 3.8) is 0 Å². The van der Waals surface area contributed by atoms with E-state index in [1.807, 2.05) is 39.0 Å². The van der Waals surface area contributed by atoms with Crippen LogP contribution in [0.25, 0.3) is 10.8 Å². The summed E-state index contributed by atoms with van der Waals surface area (Å²) in [5, 5.41) is 5.36. The summed E-state index contributed by atoms with van der Waals surface area (Å²) in [5.74, 6) is 0.0412. The number of carbonyl (C=O) groups is 1. The maximum absolute atomic E-state index is 12.0. The first-order chi connectivity index (χ1) is 9.49. The molecule has 0 saturated heterocycles. The van der Waals surface area contributed by atoms with Gasteiger partial charge in [-0.3, -0.25) is 4.79 Å². The lowest BCUT2D eigenvalue weighted by Gasteiger charge is -2.20. The highest BCUT2D eigenvalue weighted by Crippen LogP contribution is 2.20. The summed E-state index contributed by atoms with van der Waals surface area (Å²) in [4.78, 5) is 12.0. The van der Waals surface area contributed by atoms with Gasteiger partial charge in [0, 0.05) is 0 Å². The molecule has 0 heterocycles. The van der Waals surface area contributed by atoms with Crippen molar-refractivity contribution in [3.05, 3.63) is 48.0 Å². The lowest BCUT2D eigenvalue weighted by molar-refractivity contribution is -0.123. The van der Waals surface area contributed by atoms with Crippen molar-refractivity contribution in [2.75, 3.05) is 0 Å². The van der Waals surface area contributed by atoms with Gasteiger partial charge in [0.25, 0.3) is 0 Å². The van der Waals surface area contributed by atoms with Crippen molar-refractivity contribution in [1.29, 1.82) is 0 Å². The molecule has 0 aromatic heterocycles. The highest BCUT2D eigenvalue weighted by Gasteiger charge is 2.19. The molecule has 2 rings (SSSR count). The molecule has 2 atom stereocenters. The van der Waals surface area contributed by atoms with Crippen molar-refractivity contribution in [1.82, 2.24) is 5.32 Å². The first-order valence-corrected chi connectivity index (χ1v) is 7.03. The van der Waals surface area contributed by atoms with Crippen LogP contribution in [0.2, 0.25) is 0 Å². The van der Waals surface area contributed by atoms with Gasteiger partial charge in [0.1, 0.15) is 0 Å². The van der Waals surface area contributed by atoms with Crippen LogP contribution in [0.5, 0.6) is 0 Å². The fourth-order valence-electron chi connectivity index (χ4n) is 2.17. The zero-order valence-electron chi connectivity index (χ0n) is 12.3. The van der Waals surface area contributed by atoms with E-state index in [2.05, 4.69) is 29.6 Å². The Bertz CT molecular complexity index is 607. The van der Waals surface area contributed by atoms with Crippen molar-refractivity contribution >= 4 is 16.7 Å². The van der Waals surface area contributed by atoms with Crippen molar-refractivity contribution in [2.24, 2.45) is 11.7 Å². The number of nitrogens with one attached hydrogen (secondary N) is 1. The molecule has 0 spiro atoms. The normalized spacial score (nSPS) is 14.2. The maximum atomic E-state index is 12.0. The van der Waals surface area contributed by atoms with Gasteiger partial charge in [0.2, 0.25) is 5.91 Å². The summed E-state index contributed by atoms with van der Waals surface area (Å²) in [7, 11) is 0. The van der Waals surface area contributed by atoms with Gasteiger partial charge >= 0.3 is 0 Å². The van der Waals surface area contributed by atoms with Crippen LogP contribution in [0.15, 0.2) is 42.5 Å². The molecule has 0 fully saturated rings. The first kappa shape index (κ1) is 14.5. The molecule has 20 heavy (non-hydrogen) atoms. The number of fused-ring (bicyclic) bond motifs is 1. The van der Waals surface area contributed by atoms with E-state index in [9.17, 15) is 4.79 Å². The van der Waals surface area contributed by atoms with E-state index in [-0.39, 0.29) is 17.9 Å². The number of nitrogens with two attached hydrogens (primary N) is 1. The Balaban J connectivity index is 2.15. The van der Waals surface area contributed by atoms with Gasteiger partial charge in [-0.1, -0.05) is 50.2 Å². The highest BCUT2D eigenvalue weighted by atomic mass is 16.2. The standard InChI is InChI=1S/C17H22N2O/c1-11(2)16(18)17(20)19-12(3)14-9-8-13-6-4-5-7-15(13)10-14/h4-12,16H,18H2,1-3H3,(H,19,20)/t12-,16+/m1/s1. The predicted molar refractivity (Wildman–Crippen MR) is 83.3 cm³/mol. The zero-order valence-corrected chi connectivity index (χ0v) is 12.3. The maximum Gasteiger partial charge on any atom is 0.237 e. The third-order valence-electron chi connectivity index (χ3n) is 3.65. The molecule has 3 N–H and O–H groups in total. The minimum Gasteiger partial charge on any atom is -0.348 e. The van der Waals surface area contributed by atoms with Crippen LogP contribution >= 0.6 is 0 Å². The van der Waals surface area contributed by atoms with E-state index >= 15 is 0 Å². The summed E-state index contributed by atoms with van der Waals surface area (Å²) >= 11 is 0. The topological polar surface area (TPSA) is 55.1 Å². The van der Waals surface area contributed by atoms with E-state index < -0.39 is 6.04 Å². The van der Waals surface area contributed by atoms with E-state index in [0.29, 0.717) is 0 Å². The lowest BCUT2D eigenvalue weighted by atomic mass is 10.0. The van der Waals surface area contributed by atoms with Crippen molar-refractivity contribution < 1.29 is 4.79 Å². The molecule has 3 heteroatoms. The molecule has 0 unspecified atom stereocenters. The number of amides is 1. The molecule has 1 amide bonds. The Morgan fingerprint density at radius 2 is 1.70 bits per heavy atom. The monoisotopic (exact) mass is 270 g/mol. The number of rotatable bonds is 4. The predicted octanol–water partition coefficient (Wildman–Crippen LogP) is 3.00. The zero-order chi connectivity index (χ0) is 14.7. The third kappa shape index (κ3) is 3.17. The van der Waals surface area contributed by atoms with E-state index in [4.69, 9.17) is 5.73 Å². The largest absolute Gasteiger partial charge is 0.348 e. The van der Waals surface area contributed by atoms with Crippen LogP contribution in [0.4, 0.5) is 0 Å². The minimum absolute atomic E-state index is 0.0445. The Morgan fingerprint density at radius 1 is 1.05 bits per heavy atom. The summed E-state index contributed by atoms with van der Waals surface area (Å²) in [6.07, 6.45) is 0. The molecule has 0 aliphatic rings. The smallest absolute Gasteiger partial charge is 0.237 e. The second-order valence-corrected chi connectivity index (χ2v) is 5.61.